The van der Waals surface area contributed by atoms with E-state index in [0.717, 1.165) is 27.5 Å². The van der Waals surface area contributed by atoms with Gasteiger partial charge < -0.3 is 14.6 Å². The van der Waals surface area contributed by atoms with Crippen LogP contribution in [-0.2, 0) is 19.2 Å². The lowest BCUT2D eigenvalue weighted by atomic mass is 9.56. The van der Waals surface area contributed by atoms with Crippen molar-refractivity contribution in [2.45, 2.75) is 35.4 Å². The predicted octanol–water partition coefficient (Wildman–Crippen LogP) is 6.28. The topological polar surface area (TPSA) is 113 Å². The maximum absolute atomic E-state index is 14.6. The predicted molar refractivity (Wildman–Crippen MR) is 176 cm³/mol. The standard InChI is InChI=1S/C35H28Cl3FN2O7/c1-16-4-7-20(14-24(16)36)40-30(43)22-11-10-21-23(27(22)31(40)44)15-34(37)32(45)41(19-8-5-18(39)6-9-19)33(46)35(34,38)28(21)17-12-25(47-2)29(42)26(13-17)48-3/h4-10,12-14,22-23,27-28,42H,11,15H2,1-3H3/t22-,23+,27-,28-,34+,35-/m0/s1. The highest BCUT2D eigenvalue weighted by Crippen LogP contribution is 2.66. The maximum atomic E-state index is 14.6. The number of fused-ring (bicyclic) bond motifs is 4. The van der Waals surface area contributed by atoms with Crippen molar-refractivity contribution in [3.63, 3.8) is 0 Å². The highest BCUT2D eigenvalue weighted by molar-refractivity contribution is 6.58. The summed E-state index contributed by atoms with van der Waals surface area (Å²) in [6.07, 6.45) is 1.68. The van der Waals surface area contributed by atoms with Crippen LogP contribution < -0.4 is 19.3 Å². The van der Waals surface area contributed by atoms with Gasteiger partial charge in [-0.1, -0.05) is 29.3 Å². The number of alkyl halides is 2. The average Bonchev–Trinajstić information content (AvgIpc) is 3.40. The van der Waals surface area contributed by atoms with Gasteiger partial charge >= 0.3 is 0 Å². The van der Waals surface area contributed by atoms with Gasteiger partial charge in [0.2, 0.25) is 17.6 Å². The van der Waals surface area contributed by atoms with Crippen molar-refractivity contribution in [2.75, 3.05) is 24.0 Å². The van der Waals surface area contributed by atoms with E-state index in [0.29, 0.717) is 21.8 Å². The zero-order valence-corrected chi connectivity index (χ0v) is 28.1. The third kappa shape index (κ3) is 4.28. The summed E-state index contributed by atoms with van der Waals surface area (Å²) in [7, 11) is 2.67. The molecule has 13 heteroatoms. The molecule has 0 bridgehead atoms. The van der Waals surface area contributed by atoms with E-state index < -0.39 is 62.9 Å². The Labute approximate surface area is 289 Å². The molecule has 4 aliphatic rings. The molecule has 3 aromatic rings. The van der Waals surface area contributed by atoms with Crippen molar-refractivity contribution in [3.8, 4) is 17.2 Å². The van der Waals surface area contributed by atoms with Crippen molar-refractivity contribution in [3.05, 3.63) is 88.2 Å². The number of halogens is 4. The lowest BCUT2D eigenvalue weighted by Crippen LogP contribution is -2.60. The molecule has 2 heterocycles. The third-order valence-corrected chi connectivity index (χ3v) is 12.0. The van der Waals surface area contributed by atoms with Crippen LogP contribution in [0.4, 0.5) is 15.8 Å². The first kappa shape index (κ1) is 32.4. The smallest absolute Gasteiger partial charge is 0.258 e. The molecule has 2 saturated heterocycles. The average molecular weight is 714 g/mol. The lowest BCUT2D eigenvalue weighted by molar-refractivity contribution is -0.125. The molecule has 6 atom stereocenters. The highest BCUT2D eigenvalue weighted by Gasteiger charge is 2.76. The molecule has 9 nitrogen and oxygen atoms in total. The number of allylic oxidation sites excluding steroid dienone is 2. The van der Waals surface area contributed by atoms with Crippen LogP contribution in [0.3, 0.4) is 0 Å². The molecule has 0 unspecified atom stereocenters. The van der Waals surface area contributed by atoms with Crippen LogP contribution in [0.1, 0.15) is 29.9 Å². The Morgan fingerprint density at radius 3 is 2.08 bits per heavy atom. The molecule has 0 spiro atoms. The van der Waals surface area contributed by atoms with Gasteiger partial charge in [0, 0.05) is 10.9 Å². The van der Waals surface area contributed by atoms with Gasteiger partial charge in [-0.05, 0) is 85.3 Å². The fourth-order valence-electron chi connectivity index (χ4n) is 7.83. The van der Waals surface area contributed by atoms with Crippen LogP contribution in [-0.4, -0.2) is 52.7 Å². The number of carbonyl (C=O) groups is 4. The molecule has 3 fully saturated rings. The molecule has 1 N–H and O–H groups in total. The van der Waals surface area contributed by atoms with E-state index in [1.807, 2.05) is 0 Å². The maximum Gasteiger partial charge on any atom is 0.258 e. The van der Waals surface area contributed by atoms with Crippen LogP contribution >= 0.6 is 34.8 Å². The minimum absolute atomic E-state index is 0.00269. The number of imide groups is 2. The summed E-state index contributed by atoms with van der Waals surface area (Å²) < 4.78 is 24.7. The number of hydrogen-bond donors (Lipinski definition) is 1. The van der Waals surface area contributed by atoms with E-state index in [2.05, 4.69) is 0 Å². The van der Waals surface area contributed by atoms with Crippen molar-refractivity contribution in [1.82, 2.24) is 0 Å². The number of rotatable bonds is 5. The second-order valence-electron chi connectivity index (χ2n) is 12.5. The minimum atomic E-state index is -2.17. The molecule has 0 aromatic heterocycles. The Kier molecular flexibility index (Phi) is 7.58. The Hall–Kier alpha value is -4.12. The number of phenols is 1. The van der Waals surface area contributed by atoms with Gasteiger partial charge in [0.05, 0.1) is 37.4 Å². The fourth-order valence-corrected chi connectivity index (χ4v) is 8.94. The quantitative estimate of drug-likeness (QED) is 0.188. The Bertz CT molecular complexity index is 1940. The van der Waals surface area contributed by atoms with Crippen LogP contribution in [0.25, 0.3) is 0 Å². The van der Waals surface area contributed by atoms with Crippen molar-refractivity contribution in [1.29, 1.82) is 0 Å². The van der Waals surface area contributed by atoms with Gasteiger partial charge in [-0.3, -0.25) is 19.2 Å². The number of aromatic hydroxyl groups is 1. The number of hydrogen-bond acceptors (Lipinski definition) is 7. The largest absolute Gasteiger partial charge is 0.502 e. The van der Waals surface area contributed by atoms with Gasteiger partial charge in [0.1, 0.15) is 5.82 Å². The minimum Gasteiger partial charge on any atom is -0.502 e. The van der Waals surface area contributed by atoms with E-state index in [1.54, 1.807) is 31.2 Å². The molecule has 1 saturated carbocycles. The summed E-state index contributed by atoms with van der Waals surface area (Å²) in [4.78, 5) is 54.8. The zero-order chi connectivity index (χ0) is 34.4. The highest BCUT2D eigenvalue weighted by atomic mass is 35.5. The third-order valence-electron chi connectivity index (χ3n) is 10.1. The van der Waals surface area contributed by atoms with E-state index >= 15 is 0 Å². The first-order chi connectivity index (χ1) is 22.8. The Balaban J connectivity index is 1.42. The Morgan fingerprint density at radius 1 is 0.854 bits per heavy atom. The fraction of sp³-hybridized carbons (Fsp3) is 0.314. The van der Waals surface area contributed by atoms with E-state index in [1.165, 1.54) is 38.5 Å². The van der Waals surface area contributed by atoms with Crippen molar-refractivity contribution in [2.24, 2.45) is 17.8 Å². The SMILES string of the molecule is COc1cc([C@H]2C3=CC[C@@H]4C(=O)N(c5ccc(C)c(Cl)c5)C(=O)[C@@H]4[C@@H]3C[C@@]3(Cl)C(=O)N(c4ccc(F)cc4)C(=O)[C@@]23Cl)cc(OC)c1O. The van der Waals surface area contributed by atoms with E-state index in [4.69, 9.17) is 44.3 Å². The van der Waals surface area contributed by atoms with Crippen LogP contribution in [0, 0.1) is 30.5 Å². The normalized spacial score (nSPS) is 29.4. The van der Waals surface area contributed by atoms with E-state index in [9.17, 15) is 28.7 Å². The number of phenolic OH excluding ortho intramolecular Hbond substituents is 1. The van der Waals surface area contributed by atoms with Gasteiger partial charge in [-0.2, -0.15) is 0 Å². The van der Waals surface area contributed by atoms with Gasteiger partial charge in [-0.25, -0.2) is 14.2 Å². The molecule has 248 valence electrons. The summed E-state index contributed by atoms with van der Waals surface area (Å²) in [5, 5.41) is 11.1. The molecule has 7 rings (SSSR count). The number of aryl methyl sites for hydroxylation is 1. The molecule has 3 aromatic carbocycles. The number of anilines is 2. The zero-order valence-electron chi connectivity index (χ0n) is 25.8. The molecule has 0 radical (unpaired) electrons. The number of nitrogens with zero attached hydrogens (tertiary/aromatic N) is 2. The summed E-state index contributed by atoms with van der Waals surface area (Å²) >= 11 is 21.2. The molecule has 2 aliphatic carbocycles. The lowest BCUT2D eigenvalue weighted by Gasteiger charge is -2.50. The monoisotopic (exact) mass is 712 g/mol. The van der Waals surface area contributed by atoms with Crippen LogP contribution in [0.2, 0.25) is 5.02 Å². The molecule has 4 amide bonds. The van der Waals surface area contributed by atoms with Crippen molar-refractivity contribution >= 4 is 69.8 Å². The van der Waals surface area contributed by atoms with E-state index in [-0.39, 0.29) is 35.8 Å². The summed E-state index contributed by atoms with van der Waals surface area (Å²) in [6.45, 7) is 1.80. The molecular formula is C35H28Cl3FN2O7. The number of benzene rings is 3. The molecule has 48 heavy (non-hydrogen) atoms. The number of carbonyl (C=O) groups excluding carboxylic acids is 4. The number of methoxy groups -OCH3 is 2. The van der Waals surface area contributed by atoms with Gasteiger partial charge in [0.25, 0.3) is 11.8 Å². The van der Waals surface area contributed by atoms with Crippen LogP contribution in [0.15, 0.2) is 66.2 Å². The first-order valence-electron chi connectivity index (χ1n) is 15.1. The van der Waals surface area contributed by atoms with Crippen molar-refractivity contribution < 1.29 is 38.1 Å². The molecule has 2 aliphatic heterocycles. The van der Waals surface area contributed by atoms with Gasteiger partial charge in [0.15, 0.2) is 21.2 Å². The number of amides is 4. The summed E-state index contributed by atoms with van der Waals surface area (Å²) in [6, 6.07) is 12.6. The Morgan fingerprint density at radius 2 is 1.48 bits per heavy atom. The van der Waals surface area contributed by atoms with Gasteiger partial charge in [-0.15, -0.1) is 23.2 Å². The second-order valence-corrected chi connectivity index (χ2v) is 14.1. The first-order valence-corrected chi connectivity index (χ1v) is 16.2. The summed E-state index contributed by atoms with van der Waals surface area (Å²) in [5.41, 5.74) is 2.00. The summed E-state index contributed by atoms with van der Waals surface area (Å²) in [5.74, 6) is -7.18. The number of ether oxygens (including phenoxy) is 2. The molecular weight excluding hydrogens is 686 g/mol. The van der Waals surface area contributed by atoms with Crippen LogP contribution in [0.5, 0.6) is 17.2 Å². The second kappa shape index (κ2) is 11.2.